The SMILES string of the molecule is C[C@@H](c1ccc(C(O)[C@H]2CCCN2C)cc1)N(C(=O)O)C(C)(C)C. The molecule has 2 rings (SSSR count). The number of likely N-dealkylation sites (N-methyl/N-ethyl adjacent to an activating group) is 1. The second kappa shape index (κ2) is 7.11. The molecule has 0 radical (unpaired) electrons. The molecule has 24 heavy (non-hydrogen) atoms. The third-order valence-corrected chi connectivity index (χ3v) is 5.02. The number of aliphatic hydroxyl groups excluding tert-OH is 1. The number of likely N-dealkylation sites (tertiary alicyclic amines) is 1. The maximum absolute atomic E-state index is 11.6. The van der Waals surface area contributed by atoms with Crippen molar-refractivity contribution >= 4 is 6.09 Å². The molecule has 1 amide bonds. The molecule has 5 heteroatoms. The van der Waals surface area contributed by atoms with E-state index >= 15 is 0 Å². The number of carbonyl (C=O) groups is 1. The highest BCUT2D eigenvalue weighted by Crippen LogP contribution is 2.31. The molecule has 1 aromatic carbocycles. The highest BCUT2D eigenvalue weighted by atomic mass is 16.4. The third-order valence-electron chi connectivity index (χ3n) is 5.02. The highest BCUT2D eigenvalue weighted by molar-refractivity contribution is 5.66. The number of hydrogen-bond acceptors (Lipinski definition) is 3. The lowest BCUT2D eigenvalue weighted by Gasteiger charge is -2.38. The molecule has 0 spiro atoms. The lowest BCUT2D eigenvalue weighted by atomic mass is 9.96. The Kier molecular flexibility index (Phi) is 5.56. The number of nitrogens with zero attached hydrogens (tertiary/aromatic N) is 2. The summed E-state index contributed by atoms with van der Waals surface area (Å²) >= 11 is 0. The van der Waals surface area contributed by atoms with Crippen LogP contribution >= 0.6 is 0 Å². The predicted molar refractivity (Wildman–Crippen MR) is 95.1 cm³/mol. The maximum Gasteiger partial charge on any atom is 0.408 e. The number of hydrogen-bond donors (Lipinski definition) is 2. The Bertz CT molecular complexity index is 565. The van der Waals surface area contributed by atoms with Gasteiger partial charge in [0, 0.05) is 11.6 Å². The van der Waals surface area contributed by atoms with Crippen LogP contribution in [0.15, 0.2) is 24.3 Å². The van der Waals surface area contributed by atoms with Crippen molar-refractivity contribution in [2.75, 3.05) is 13.6 Å². The fourth-order valence-electron chi connectivity index (χ4n) is 3.71. The van der Waals surface area contributed by atoms with E-state index in [-0.39, 0.29) is 12.1 Å². The third kappa shape index (κ3) is 3.90. The minimum Gasteiger partial charge on any atom is -0.465 e. The lowest BCUT2D eigenvalue weighted by Crippen LogP contribution is -2.46. The van der Waals surface area contributed by atoms with Crippen LogP contribution in [0.1, 0.15) is 63.8 Å². The first-order chi connectivity index (χ1) is 11.1. The smallest absolute Gasteiger partial charge is 0.408 e. The van der Waals surface area contributed by atoms with Crippen molar-refractivity contribution in [1.82, 2.24) is 9.80 Å². The van der Waals surface area contributed by atoms with Gasteiger partial charge in [-0.25, -0.2) is 4.79 Å². The second-order valence-electron chi connectivity index (χ2n) is 7.80. The summed E-state index contributed by atoms with van der Waals surface area (Å²) < 4.78 is 0. The van der Waals surface area contributed by atoms with Crippen LogP contribution in [0, 0.1) is 0 Å². The van der Waals surface area contributed by atoms with Crippen molar-refractivity contribution in [3.8, 4) is 0 Å². The van der Waals surface area contributed by atoms with Gasteiger partial charge in [0.1, 0.15) is 0 Å². The van der Waals surface area contributed by atoms with Crippen LogP contribution in [0.5, 0.6) is 0 Å². The molecule has 0 bridgehead atoms. The maximum atomic E-state index is 11.6. The Morgan fingerprint density at radius 2 is 1.79 bits per heavy atom. The quantitative estimate of drug-likeness (QED) is 0.882. The summed E-state index contributed by atoms with van der Waals surface area (Å²) in [4.78, 5) is 15.3. The largest absolute Gasteiger partial charge is 0.465 e. The molecule has 1 aliphatic rings. The van der Waals surface area contributed by atoms with Crippen molar-refractivity contribution in [2.24, 2.45) is 0 Å². The molecule has 1 saturated heterocycles. The number of rotatable bonds is 4. The average Bonchev–Trinajstić information content (AvgIpc) is 2.91. The van der Waals surface area contributed by atoms with E-state index in [0.29, 0.717) is 0 Å². The summed E-state index contributed by atoms with van der Waals surface area (Å²) in [6, 6.07) is 7.62. The zero-order valence-corrected chi connectivity index (χ0v) is 15.4. The van der Waals surface area contributed by atoms with Gasteiger partial charge in [0.2, 0.25) is 0 Å². The van der Waals surface area contributed by atoms with Crippen LogP contribution in [-0.4, -0.2) is 51.3 Å². The standard InChI is InChI=1S/C19H30N2O3/c1-13(21(18(23)24)19(2,3)4)14-8-10-15(11-9-14)17(22)16-7-6-12-20(16)5/h8-11,13,16-17,22H,6-7,12H2,1-5H3,(H,23,24)/t13-,16+,17?/m0/s1. The van der Waals surface area contributed by atoms with Crippen LogP contribution in [0.25, 0.3) is 0 Å². The summed E-state index contributed by atoms with van der Waals surface area (Å²) in [6.45, 7) is 8.61. The van der Waals surface area contributed by atoms with Gasteiger partial charge in [0.05, 0.1) is 12.1 Å². The van der Waals surface area contributed by atoms with Gasteiger partial charge in [-0.15, -0.1) is 0 Å². The average molecular weight is 334 g/mol. The summed E-state index contributed by atoms with van der Waals surface area (Å²) in [5.74, 6) is 0. The molecule has 0 aliphatic carbocycles. The molecule has 0 aromatic heterocycles. The fourth-order valence-corrected chi connectivity index (χ4v) is 3.71. The highest BCUT2D eigenvalue weighted by Gasteiger charge is 2.32. The van der Waals surface area contributed by atoms with Crippen LogP contribution in [0.3, 0.4) is 0 Å². The van der Waals surface area contributed by atoms with Crippen molar-refractivity contribution < 1.29 is 15.0 Å². The molecule has 1 aromatic rings. The van der Waals surface area contributed by atoms with E-state index in [1.54, 1.807) is 0 Å². The zero-order chi connectivity index (χ0) is 18.1. The minimum absolute atomic E-state index is 0.165. The Morgan fingerprint density at radius 3 is 2.21 bits per heavy atom. The van der Waals surface area contributed by atoms with Gasteiger partial charge in [0.25, 0.3) is 0 Å². The van der Waals surface area contributed by atoms with Gasteiger partial charge in [-0.3, -0.25) is 4.90 Å². The predicted octanol–water partition coefficient (Wildman–Crippen LogP) is 3.65. The van der Waals surface area contributed by atoms with Crippen molar-refractivity contribution in [3.05, 3.63) is 35.4 Å². The number of benzene rings is 1. The first-order valence-corrected chi connectivity index (χ1v) is 8.63. The summed E-state index contributed by atoms with van der Waals surface area (Å²) in [5, 5.41) is 20.1. The van der Waals surface area contributed by atoms with E-state index < -0.39 is 17.7 Å². The summed E-state index contributed by atoms with van der Waals surface area (Å²) in [6.07, 6.45) is 0.700. The molecule has 2 N–H and O–H groups in total. The van der Waals surface area contributed by atoms with Crippen molar-refractivity contribution in [2.45, 2.75) is 64.3 Å². The summed E-state index contributed by atoms with van der Waals surface area (Å²) in [7, 11) is 2.05. The second-order valence-corrected chi connectivity index (χ2v) is 7.80. The summed E-state index contributed by atoms with van der Waals surface area (Å²) in [5.41, 5.74) is 1.35. The van der Waals surface area contributed by atoms with Gasteiger partial charge in [-0.1, -0.05) is 24.3 Å². The van der Waals surface area contributed by atoms with E-state index in [0.717, 1.165) is 30.5 Å². The molecule has 3 atom stereocenters. The normalized spacial score (nSPS) is 21.5. The molecule has 134 valence electrons. The van der Waals surface area contributed by atoms with Crippen LogP contribution in [0.2, 0.25) is 0 Å². The van der Waals surface area contributed by atoms with Crippen molar-refractivity contribution in [3.63, 3.8) is 0 Å². The van der Waals surface area contributed by atoms with E-state index in [2.05, 4.69) is 4.90 Å². The van der Waals surface area contributed by atoms with Gasteiger partial charge in [-0.05, 0) is 65.3 Å². The Hall–Kier alpha value is -1.59. The van der Waals surface area contributed by atoms with Gasteiger partial charge >= 0.3 is 6.09 Å². The van der Waals surface area contributed by atoms with Gasteiger partial charge in [0.15, 0.2) is 0 Å². The van der Waals surface area contributed by atoms with Crippen LogP contribution in [-0.2, 0) is 0 Å². The fraction of sp³-hybridized carbons (Fsp3) is 0.632. The molecule has 1 unspecified atom stereocenters. The molecular formula is C19H30N2O3. The molecule has 1 heterocycles. The number of amides is 1. The Morgan fingerprint density at radius 1 is 1.25 bits per heavy atom. The molecule has 1 aliphatic heterocycles. The topological polar surface area (TPSA) is 64.0 Å². The molecule has 5 nitrogen and oxygen atoms in total. The zero-order valence-electron chi connectivity index (χ0n) is 15.4. The van der Waals surface area contributed by atoms with Gasteiger partial charge in [-0.2, -0.15) is 0 Å². The van der Waals surface area contributed by atoms with Crippen LogP contribution < -0.4 is 0 Å². The van der Waals surface area contributed by atoms with Crippen LogP contribution in [0.4, 0.5) is 4.79 Å². The minimum atomic E-state index is -0.924. The Balaban J connectivity index is 2.17. The van der Waals surface area contributed by atoms with E-state index in [4.69, 9.17) is 0 Å². The van der Waals surface area contributed by atoms with Gasteiger partial charge < -0.3 is 15.1 Å². The lowest BCUT2D eigenvalue weighted by molar-refractivity contribution is 0.0749. The van der Waals surface area contributed by atoms with E-state index in [9.17, 15) is 15.0 Å². The first-order valence-electron chi connectivity index (χ1n) is 8.63. The van der Waals surface area contributed by atoms with Crippen molar-refractivity contribution in [1.29, 1.82) is 0 Å². The number of carboxylic acid groups (broad SMARTS) is 1. The molecular weight excluding hydrogens is 304 g/mol. The number of aliphatic hydroxyl groups is 1. The van der Waals surface area contributed by atoms with E-state index in [1.165, 1.54) is 4.90 Å². The van der Waals surface area contributed by atoms with E-state index in [1.807, 2.05) is 59.0 Å². The molecule has 0 saturated carbocycles. The monoisotopic (exact) mass is 334 g/mol. The first kappa shape index (κ1) is 18.7. The Labute approximate surface area is 144 Å². The molecule has 1 fully saturated rings.